The van der Waals surface area contributed by atoms with Gasteiger partial charge in [-0.05, 0) is 38.7 Å². The monoisotopic (exact) mass is 458 g/mol. The largest absolute Gasteiger partial charge is 0.463 e. The first-order valence-electron chi connectivity index (χ1n) is 9.05. The molecule has 0 fully saturated rings. The fourth-order valence-corrected chi connectivity index (χ4v) is 3.59. The third-order valence-corrected chi connectivity index (χ3v) is 4.93. The average Bonchev–Trinajstić information content (AvgIpc) is 2.77. The summed E-state index contributed by atoms with van der Waals surface area (Å²) in [4.78, 5) is 0. The lowest BCUT2D eigenvalue weighted by Gasteiger charge is -2.24. The highest BCUT2D eigenvalue weighted by Gasteiger charge is 2.27. The van der Waals surface area contributed by atoms with Crippen molar-refractivity contribution in [1.29, 1.82) is 0 Å². The van der Waals surface area contributed by atoms with E-state index in [9.17, 15) is 5.11 Å². The van der Waals surface area contributed by atoms with Crippen LogP contribution in [0, 0.1) is 0 Å². The lowest BCUT2D eigenvalue weighted by atomic mass is 9.91. The normalized spacial score (nSPS) is 11.9. The second-order valence-corrected chi connectivity index (χ2v) is 7.11. The molecule has 152 valence electrons. The molecule has 0 aliphatic rings. The maximum absolute atomic E-state index is 11.3. The van der Waals surface area contributed by atoms with Crippen molar-refractivity contribution in [1.82, 2.24) is 0 Å². The van der Waals surface area contributed by atoms with Crippen LogP contribution in [-0.2, 0) is 9.47 Å². The number of rotatable bonds is 9. The van der Waals surface area contributed by atoms with Crippen molar-refractivity contribution in [2.24, 2.45) is 0 Å². The van der Waals surface area contributed by atoms with Crippen LogP contribution in [0.5, 0.6) is 11.5 Å². The topological polar surface area (TPSA) is 57.2 Å². The van der Waals surface area contributed by atoms with Crippen molar-refractivity contribution in [3.63, 3.8) is 0 Å². The Kier molecular flexibility index (Phi) is 7.66. The second kappa shape index (κ2) is 10.4. The Bertz CT molecular complexity index is 916. The summed E-state index contributed by atoms with van der Waals surface area (Å²) >= 11 is 3.57. The van der Waals surface area contributed by atoms with Gasteiger partial charge in [0, 0.05) is 19.8 Å². The minimum Gasteiger partial charge on any atom is -0.463 e. The van der Waals surface area contributed by atoms with Crippen LogP contribution in [0.3, 0.4) is 0 Å². The van der Waals surface area contributed by atoms with Gasteiger partial charge < -0.3 is 24.1 Å². The molecule has 1 atom stereocenters. The summed E-state index contributed by atoms with van der Waals surface area (Å²) in [5.41, 5.74) is 3.10. The Morgan fingerprint density at radius 1 is 0.828 bits per heavy atom. The Morgan fingerprint density at radius 2 is 1.38 bits per heavy atom. The van der Waals surface area contributed by atoms with E-state index in [0.29, 0.717) is 21.5 Å². The lowest BCUT2D eigenvalue weighted by molar-refractivity contribution is 0.0301. The zero-order valence-corrected chi connectivity index (χ0v) is 17.9. The van der Waals surface area contributed by atoms with E-state index in [1.54, 1.807) is 14.2 Å². The molecule has 0 spiro atoms. The Hall–Kier alpha value is -2.38. The molecule has 29 heavy (non-hydrogen) atoms. The van der Waals surface area contributed by atoms with Crippen LogP contribution in [0.2, 0.25) is 0 Å². The van der Waals surface area contributed by atoms with Crippen LogP contribution < -0.4 is 9.47 Å². The maximum Gasteiger partial charge on any atom is 0.188 e. The molecule has 0 saturated carbocycles. The number of aliphatic hydroxyl groups excluding tert-OH is 1. The van der Waals surface area contributed by atoms with E-state index in [2.05, 4.69) is 15.9 Å². The molecule has 0 radical (unpaired) electrons. The molecule has 6 heteroatoms. The fraction of sp³-hybridized carbons (Fsp3) is 0.217. The van der Waals surface area contributed by atoms with Crippen LogP contribution >= 0.6 is 15.9 Å². The predicted octanol–water partition coefficient (Wildman–Crippen LogP) is 5.16. The number of hydrogen-bond donors (Lipinski definition) is 1. The van der Waals surface area contributed by atoms with Crippen LogP contribution in [0.4, 0.5) is 0 Å². The number of benzene rings is 3. The van der Waals surface area contributed by atoms with Gasteiger partial charge in [-0.3, -0.25) is 0 Å². The molecule has 0 amide bonds. The standard InChI is InChI=1S/C23H23BrO5/c1-26-14-28-22-19(24)13-18(16-9-5-3-6-10-16)20(23(22)29-15-27-2)21(25)17-11-7-4-8-12-17/h3-13,21,25H,14-15H2,1-2H3. The van der Waals surface area contributed by atoms with Crippen molar-refractivity contribution >= 4 is 15.9 Å². The van der Waals surface area contributed by atoms with Crippen molar-refractivity contribution < 1.29 is 24.1 Å². The summed E-state index contributed by atoms with van der Waals surface area (Å²) in [6.07, 6.45) is -0.934. The van der Waals surface area contributed by atoms with E-state index in [1.165, 1.54) is 0 Å². The summed E-state index contributed by atoms with van der Waals surface area (Å²) in [6.45, 7) is 0.0377. The lowest BCUT2D eigenvalue weighted by Crippen LogP contribution is -2.11. The van der Waals surface area contributed by atoms with Gasteiger partial charge in [0.05, 0.1) is 4.47 Å². The highest BCUT2D eigenvalue weighted by Crippen LogP contribution is 2.48. The van der Waals surface area contributed by atoms with Crippen LogP contribution in [0.25, 0.3) is 11.1 Å². The van der Waals surface area contributed by atoms with Crippen LogP contribution in [0.15, 0.2) is 71.2 Å². The first-order chi connectivity index (χ1) is 14.2. The van der Waals surface area contributed by atoms with Gasteiger partial charge in [0.15, 0.2) is 25.1 Å². The third kappa shape index (κ3) is 4.97. The highest BCUT2D eigenvalue weighted by molar-refractivity contribution is 9.10. The number of aliphatic hydroxyl groups is 1. The van der Waals surface area contributed by atoms with Crippen LogP contribution in [-0.4, -0.2) is 32.9 Å². The maximum atomic E-state index is 11.3. The molecule has 3 aromatic rings. The molecule has 1 N–H and O–H groups in total. The van der Waals surface area contributed by atoms with Crippen molar-refractivity contribution in [2.45, 2.75) is 6.10 Å². The first-order valence-corrected chi connectivity index (χ1v) is 9.85. The highest BCUT2D eigenvalue weighted by atomic mass is 79.9. The number of ether oxygens (including phenoxy) is 4. The van der Waals surface area contributed by atoms with Crippen LogP contribution in [0.1, 0.15) is 17.2 Å². The molecule has 0 saturated heterocycles. The molecule has 0 heterocycles. The van der Waals surface area contributed by atoms with Gasteiger partial charge in [-0.1, -0.05) is 60.7 Å². The molecule has 3 aromatic carbocycles. The minimum atomic E-state index is -0.934. The van der Waals surface area contributed by atoms with E-state index in [4.69, 9.17) is 18.9 Å². The molecular weight excluding hydrogens is 436 g/mol. The smallest absolute Gasteiger partial charge is 0.188 e. The molecular formula is C23H23BrO5. The molecule has 5 nitrogen and oxygen atoms in total. The van der Waals surface area contributed by atoms with E-state index in [0.717, 1.165) is 16.7 Å². The van der Waals surface area contributed by atoms with Crippen molar-refractivity contribution in [2.75, 3.05) is 27.8 Å². The predicted molar refractivity (Wildman–Crippen MR) is 115 cm³/mol. The molecule has 0 aliphatic carbocycles. The van der Waals surface area contributed by atoms with Gasteiger partial charge in [-0.2, -0.15) is 0 Å². The number of hydrogen-bond acceptors (Lipinski definition) is 5. The SMILES string of the molecule is COCOc1c(Br)cc(-c2ccccc2)c(C(O)c2ccccc2)c1OCOC. The van der Waals surface area contributed by atoms with Gasteiger partial charge >= 0.3 is 0 Å². The van der Waals surface area contributed by atoms with E-state index in [-0.39, 0.29) is 13.6 Å². The van der Waals surface area contributed by atoms with Gasteiger partial charge in [0.25, 0.3) is 0 Å². The fourth-order valence-electron chi connectivity index (χ4n) is 3.07. The Labute approximate surface area is 178 Å². The summed E-state index contributed by atoms with van der Waals surface area (Å²) in [6, 6.07) is 21.2. The third-order valence-electron chi connectivity index (χ3n) is 4.34. The molecule has 3 rings (SSSR count). The Morgan fingerprint density at radius 3 is 1.97 bits per heavy atom. The van der Waals surface area contributed by atoms with Gasteiger partial charge in [-0.25, -0.2) is 0 Å². The van der Waals surface area contributed by atoms with E-state index in [1.807, 2.05) is 66.7 Å². The zero-order valence-electron chi connectivity index (χ0n) is 16.3. The second-order valence-electron chi connectivity index (χ2n) is 6.26. The average molecular weight is 459 g/mol. The van der Waals surface area contributed by atoms with Gasteiger partial charge in [0.2, 0.25) is 0 Å². The van der Waals surface area contributed by atoms with E-state index >= 15 is 0 Å². The summed E-state index contributed by atoms with van der Waals surface area (Å²) in [5, 5.41) is 11.3. The zero-order chi connectivity index (χ0) is 20.6. The number of halogens is 1. The quantitative estimate of drug-likeness (QED) is 0.448. The molecule has 0 aromatic heterocycles. The van der Waals surface area contributed by atoms with Gasteiger partial charge in [-0.15, -0.1) is 0 Å². The summed E-state index contributed by atoms with van der Waals surface area (Å²) < 4.78 is 22.6. The summed E-state index contributed by atoms with van der Waals surface area (Å²) in [7, 11) is 3.08. The van der Waals surface area contributed by atoms with Crippen molar-refractivity contribution in [3.8, 4) is 22.6 Å². The van der Waals surface area contributed by atoms with E-state index < -0.39 is 6.10 Å². The molecule has 1 unspecified atom stereocenters. The Balaban J connectivity index is 2.26. The van der Waals surface area contributed by atoms with Gasteiger partial charge in [0.1, 0.15) is 6.10 Å². The minimum absolute atomic E-state index is 0.00251. The first kappa shape index (κ1) is 21.3. The summed E-state index contributed by atoms with van der Waals surface area (Å²) in [5.74, 6) is 0.835. The molecule has 0 bridgehead atoms. The van der Waals surface area contributed by atoms with Crippen molar-refractivity contribution in [3.05, 3.63) is 82.3 Å². The molecule has 0 aliphatic heterocycles. The number of methoxy groups -OCH3 is 2.